The molecule has 0 radical (unpaired) electrons. The van der Waals surface area contributed by atoms with Crippen LogP contribution >= 0.6 is 11.3 Å². The van der Waals surface area contributed by atoms with Crippen molar-refractivity contribution >= 4 is 17.3 Å². The number of thiazole rings is 1. The van der Waals surface area contributed by atoms with Crippen LogP contribution in [0.15, 0.2) is 29.6 Å². The maximum Gasteiger partial charge on any atom is 0.303 e. The van der Waals surface area contributed by atoms with Crippen molar-refractivity contribution in [1.29, 1.82) is 0 Å². The summed E-state index contributed by atoms with van der Waals surface area (Å²) < 4.78 is 13.5. The van der Waals surface area contributed by atoms with Crippen molar-refractivity contribution in [3.8, 4) is 10.6 Å². The number of carbonyl (C=O) groups is 1. The van der Waals surface area contributed by atoms with Gasteiger partial charge in [0.1, 0.15) is 10.8 Å². The van der Waals surface area contributed by atoms with Gasteiger partial charge in [-0.2, -0.15) is 0 Å². The molecule has 0 atom stereocenters. The van der Waals surface area contributed by atoms with E-state index in [4.69, 9.17) is 5.11 Å². The third-order valence-corrected chi connectivity index (χ3v) is 3.40. The van der Waals surface area contributed by atoms with Gasteiger partial charge in [0.2, 0.25) is 0 Å². The second-order valence-corrected chi connectivity index (χ2v) is 4.73. The average molecular weight is 265 g/mol. The average Bonchev–Trinajstić information content (AvgIpc) is 2.78. The van der Waals surface area contributed by atoms with Gasteiger partial charge < -0.3 is 5.11 Å². The van der Waals surface area contributed by atoms with E-state index >= 15 is 0 Å². The molecule has 2 rings (SSSR count). The standard InChI is InChI=1S/C13H12FNO2S/c14-11-6-2-1-5-10(11)13-15-9(8-18-13)4-3-7-12(16)17/h1-2,5-6,8H,3-4,7H2,(H,16,17). The summed E-state index contributed by atoms with van der Waals surface area (Å²) in [5, 5.41) is 11.0. The van der Waals surface area contributed by atoms with Crippen molar-refractivity contribution in [3.63, 3.8) is 0 Å². The number of aromatic nitrogens is 1. The highest BCUT2D eigenvalue weighted by molar-refractivity contribution is 7.13. The summed E-state index contributed by atoms with van der Waals surface area (Å²) in [5.74, 6) is -1.09. The Kier molecular flexibility index (Phi) is 4.04. The number of rotatable bonds is 5. The van der Waals surface area contributed by atoms with Crippen LogP contribution in [0, 0.1) is 5.82 Å². The summed E-state index contributed by atoms with van der Waals surface area (Å²) in [5.41, 5.74) is 1.31. The van der Waals surface area contributed by atoms with Gasteiger partial charge in [-0.25, -0.2) is 9.37 Å². The summed E-state index contributed by atoms with van der Waals surface area (Å²) in [6.45, 7) is 0. The number of aliphatic carboxylic acids is 1. The Morgan fingerprint density at radius 3 is 2.89 bits per heavy atom. The van der Waals surface area contributed by atoms with E-state index in [-0.39, 0.29) is 12.2 Å². The summed E-state index contributed by atoms with van der Waals surface area (Å²) in [6.07, 6.45) is 1.29. The molecule has 5 heteroatoms. The molecule has 0 saturated carbocycles. The number of nitrogens with zero attached hydrogens (tertiary/aromatic N) is 1. The van der Waals surface area contributed by atoms with Gasteiger partial charge in [0.15, 0.2) is 0 Å². The molecule has 1 heterocycles. The Labute approximate surface area is 108 Å². The van der Waals surface area contributed by atoms with Crippen molar-refractivity contribution in [2.75, 3.05) is 0 Å². The van der Waals surface area contributed by atoms with E-state index in [1.54, 1.807) is 18.2 Å². The number of benzene rings is 1. The molecule has 0 fully saturated rings. The smallest absolute Gasteiger partial charge is 0.303 e. The largest absolute Gasteiger partial charge is 0.481 e. The van der Waals surface area contributed by atoms with Crippen LogP contribution in [0.3, 0.4) is 0 Å². The maximum atomic E-state index is 13.5. The highest BCUT2D eigenvalue weighted by Crippen LogP contribution is 2.26. The Hall–Kier alpha value is -1.75. The quantitative estimate of drug-likeness (QED) is 0.901. The lowest BCUT2D eigenvalue weighted by Gasteiger charge is -1.97. The van der Waals surface area contributed by atoms with Crippen LogP contribution < -0.4 is 0 Å². The summed E-state index contributed by atoms with van der Waals surface area (Å²) in [7, 11) is 0. The van der Waals surface area contributed by atoms with Gasteiger partial charge in [-0.1, -0.05) is 12.1 Å². The van der Waals surface area contributed by atoms with Crippen LogP contribution in [0.1, 0.15) is 18.5 Å². The lowest BCUT2D eigenvalue weighted by atomic mass is 10.2. The molecule has 0 spiro atoms. The molecule has 2 aromatic rings. The van der Waals surface area contributed by atoms with Crippen molar-refractivity contribution in [2.24, 2.45) is 0 Å². The summed E-state index contributed by atoms with van der Waals surface area (Å²) in [6, 6.07) is 6.50. The molecule has 1 aromatic carbocycles. The number of hydrogen-bond acceptors (Lipinski definition) is 3. The third-order valence-electron chi connectivity index (χ3n) is 2.48. The molecule has 0 aliphatic heterocycles. The lowest BCUT2D eigenvalue weighted by Crippen LogP contribution is -1.96. The van der Waals surface area contributed by atoms with E-state index in [0.29, 0.717) is 23.4 Å². The number of halogens is 1. The zero-order chi connectivity index (χ0) is 13.0. The highest BCUT2D eigenvalue weighted by atomic mass is 32.1. The van der Waals surface area contributed by atoms with Gasteiger partial charge in [-0.3, -0.25) is 4.79 Å². The van der Waals surface area contributed by atoms with Crippen LogP contribution in [0.2, 0.25) is 0 Å². The SMILES string of the molecule is O=C(O)CCCc1csc(-c2ccccc2F)n1. The Balaban J connectivity index is 2.06. The zero-order valence-electron chi connectivity index (χ0n) is 9.60. The van der Waals surface area contributed by atoms with E-state index in [9.17, 15) is 9.18 Å². The van der Waals surface area contributed by atoms with Gasteiger partial charge in [0.05, 0.1) is 5.69 Å². The van der Waals surface area contributed by atoms with Gasteiger partial charge in [-0.05, 0) is 25.0 Å². The monoisotopic (exact) mass is 265 g/mol. The van der Waals surface area contributed by atoms with Gasteiger partial charge in [0.25, 0.3) is 0 Å². The van der Waals surface area contributed by atoms with Crippen LogP contribution in [-0.4, -0.2) is 16.1 Å². The molecule has 0 aliphatic carbocycles. The minimum Gasteiger partial charge on any atom is -0.481 e. The molecule has 94 valence electrons. The topological polar surface area (TPSA) is 50.2 Å². The molecule has 1 N–H and O–H groups in total. The fraction of sp³-hybridized carbons (Fsp3) is 0.231. The third kappa shape index (κ3) is 3.13. The number of carboxylic acid groups (broad SMARTS) is 1. The van der Waals surface area contributed by atoms with E-state index in [2.05, 4.69) is 4.98 Å². The fourth-order valence-electron chi connectivity index (χ4n) is 1.60. The minimum absolute atomic E-state index is 0.132. The van der Waals surface area contributed by atoms with Gasteiger partial charge >= 0.3 is 5.97 Å². The molecule has 0 amide bonds. The van der Waals surface area contributed by atoms with Gasteiger partial charge in [0, 0.05) is 17.4 Å². The van der Waals surface area contributed by atoms with Crippen LogP contribution in [-0.2, 0) is 11.2 Å². The molecule has 0 aliphatic rings. The van der Waals surface area contributed by atoms with Crippen LogP contribution in [0.25, 0.3) is 10.6 Å². The first-order valence-corrected chi connectivity index (χ1v) is 6.46. The van der Waals surface area contributed by atoms with Crippen molar-refractivity contribution in [1.82, 2.24) is 4.98 Å². The van der Waals surface area contributed by atoms with Crippen LogP contribution in [0.4, 0.5) is 4.39 Å². The first-order chi connectivity index (χ1) is 8.66. The summed E-state index contributed by atoms with van der Waals surface area (Å²) >= 11 is 1.38. The molecule has 0 bridgehead atoms. The predicted molar refractivity (Wildman–Crippen MR) is 68.1 cm³/mol. The first-order valence-electron chi connectivity index (χ1n) is 5.58. The Morgan fingerprint density at radius 1 is 1.39 bits per heavy atom. The molecule has 18 heavy (non-hydrogen) atoms. The molecule has 0 saturated heterocycles. The van der Waals surface area contributed by atoms with E-state index in [1.807, 2.05) is 5.38 Å². The van der Waals surface area contributed by atoms with Crippen LogP contribution in [0.5, 0.6) is 0 Å². The number of aryl methyl sites for hydroxylation is 1. The van der Waals surface area contributed by atoms with E-state index < -0.39 is 5.97 Å². The normalized spacial score (nSPS) is 10.5. The summed E-state index contributed by atoms with van der Waals surface area (Å²) in [4.78, 5) is 14.7. The second-order valence-electron chi connectivity index (χ2n) is 3.87. The lowest BCUT2D eigenvalue weighted by molar-refractivity contribution is -0.137. The Morgan fingerprint density at radius 2 is 2.17 bits per heavy atom. The maximum absolute atomic E-state index is 13.5. The van der Waals surface area contributed by atoms with Crippen molar-refractivity contribution < 1.29 is 14.3 Å². The second kappa shape index (κ2) is 5.73. The molecule has 0 unspecified atom stereocenters. The molecular weight excluding hydrogens is 253 g/mol. The zero-order valence-corrected chi connectivity index (χ0v) is 10.4. The predicted octanol–water partition coefficient (Wildman–Crippen LogP) is 3.36. The van der Waals surface area contributed by atoms with E-state index in [0.717, 1.165) is 5.69 Å². The van der Waals surface area contributed by atoms with Crippen molar-refractivity contribution in [3.05, 3.63) is 41.2 Å². The minimum atomic E-state index is -0.806. The van der Waals surface area contributed by atoms with Crippen molar-refractivity contribution in [2.45, 2.75) is 19.3 Å². The Bertz CT molecular complexity index is 553. The number of carboxylic acids is 1. The fourth-order valence-corrected chi connectivity index (χ4v) is 2.48. The first kappa shape index (κ1) is 12.7. The molecule has 3 nitrogen and oxygen atoms in total. The van der Waals surface area contributed by atoms with E-state index in [1.165, 1.54) is 17.4 Å². The van der Waals surface area contributed by atoms with Gasteiger partial charge in [-0.15, -0.1) is 11.3 Å². The molecule has 1 aromatic heterocycles. The molecular formula is C13H12FNO2S. The number of hydrogen-bond donors (Lipinski definition) is 1. The highest BCUT2D eigenvalue weighted by Gasteiger charge is 2.09.